The fourth-order valence-corrected chi connectivity index (χ4v) is 2.45. The van der Waals surface area contributed by atoms with Crippen LogP contribution in [0.4, 0.5) is 0 Å². The molecular weight excluding hydrogens is 336 g/mol. The minimum absolute atomic E-state index is 0.198. The first-order valence-corrected chi connectivity index (χ1v) is 8.13. The topological polar surface area (TPSA) is 108 Å². The molecule has 0 aliphatic rings. The molecule has 0 amide bonds. The number of rotatable bonds is 10. The van der Waals surface area contributed by atoms with Crippen LogP contribution in [0.3, 0.4) is 0 Å². The van der Waals surface area contributed by atoms with Gasteiger partial charge < -0.3 is 14.9 Å². The minimum Gasteiger partial charge on any atom is -0.497 e. The molecule has 0 aromatic heterocycles. The predicted molar refractivity (Wildman–Crippen MR) is 96.0 cm³/mol. The molecule has 7 heteroatoms. The highest BCUT2D eigenvalue weighted by Crippen LogP contribution is 2.13. The quantitative estimate of drug-likeness (QED) is 0.477. The van der Waals surface area contributed by atoms with Crippen molar-refractivity contribution in [3.63, 3.8) is 0 Å². The van der Waals surface area contributed by atoms with E-state index in [1.165, 1.54) is 0 Å². The first-order chi connectivity index (χ1) is 12.5. The van der Waals surface area contributed by atoms with Gasteiger partial charge >= 0.3 is 11.9 Å². The average molecular weight is 358 g/mol. The largest absolute Gasteiger partial charge is 0.497 e. The van der Waals surface area contributed by atoms with Gasteiger partial charge in [-0.1, -0.05) is 42.5 Å². The number of nitrogens with one attached hydrogen (secondary N) is 2. The summed E-state index contributed by atoms with van der Waals surface area (Å²) in [6, 6.07) is 14.3. The summed E-state index contributed by atoms with van der Waals surface area (Å²) in [5.41, 5.74) is 6.91. The lowest BCUT2D eigenvalue weighted by atomic mass is 10.1. The fourth-order valence-electron chi connectivity index (χ4n) is 2.45. The maximum atomic E-state index is 11.5. The molecule has 0 aliphatic heterocycles. The van der Waals surface area contributed by atoms with Crippen molar-refractivity contribution in [3.8, 4) is 5.75 Å². The second-order valence-electron chi connectivity index (χ2n) is 5.81. The fraction of sp³-hybridized carbons (Fsp3) is 0.263. The number of hydrogen-bond donors (Lipinski definition) is 4. The van der Waals surface area contributed by atoms with Crippen molar-refractivity contribution in [1.82, 2.24) is 10.9 Å². The highest BCUT2D eigenvalue weighted by atomic mass is 16.5. The molecule has 0 saturated heterocycles. The van der Waals surface area contributed by atoms with E-state index in [1.807, 2.05) is 30.3 Å². The molecular formula is C19H22N2O5. The van der Waals surface area contributed by atoms with Crippen LogP contribution >= 0.6 is 0 Å². The first kappa shape index (κ1) is 19.4. The molecule has 2 aromatic rings. The Labute approximate surface area is 151 Å². The number of carboxylic acids is 2. The van der Waals surface area contributed by atoms with Gasteiger partial charge in [0.25, 0.3) is 0 Å². The molecule has 7 nitrogen and oxygen atoms in total. The zero-order chi connectivity index (χ0) is 18.9. The zero-order valence-electron chi connectivity index (χ0n) is 14.4. The van der Waals surface area contributed by atoms with Gasteiger partial charge in [-0.15, -0.1) is 0 Å². The van der Waals surface area contributed by atoms with Gasteiger partial charge in [0.15, 0.2) is 0 Å². The van der Waals surface area contributed by atoms with Crippen molar-refractivity contribution >= 4 is 11.9 Å². The van der Waals surface area contributed by atoms with Gasteiger partial charge in [-0.3, -0.25) is 9.59 Å². The van der Waals surface area contributed by atoms with Crippen LogP contribution in [0.1, 0.15) is 11.1 Å². The van der Waals surface area contributed by atoms with Gasteiger partial charge in [0.05, 0.1) is 7.11 Å². The van der Waals surface area contributed by atoms with E-state index >= 15 is 0 Å². The van der Waals surface area contributed by atoms with E-state index < -0.39 is 24.0 Å². The van der Waals surface area contributed by atoms with Gasteiger partial charge in [0.2, 0.25) is 0 Å². The molecule has 0 fully saturated rings. The molecule has 0 aliphatic carbocycles. The molecule has 138 valence electrons. The highest BCUT2D eigenvalue weighted by Gasteiger charge is 2.22. The molecule has 0 unspecified atom stereocenters. The molecule has 0 spiro atoms. The smallest absolute Gasteiger partial charge is 0.322 e. The molecule has 2 atom stereocenters. The number of ether oxygens (including phenoxy) is 1. The van der Waals surface area contributed by atoms with E-state index in [-0.39, 0.29) is 12.8 Å². The molecule has 0 radical (unpaired) electrons. The van der Waals surface area contributed by atoms with Crippen LogP contribution in [0, 0.1) is 0 Å². The lowest BCUT2D eigenvalue weighted by molar-refractivity contribution is -0.143. The summed E-state index contributed by atoms with van der Waals surface area (Å²) >= 11 is 0. The molecule has 4 N–H and O–H groups in total. The van der Waals surface area contributed by atoms with E-state index in [0.717, 1.165) is 11.1 Å². The third-order valence-electron chi connectivity index (χ3n) is 3.91. The molecule has 0 saturated carbocycles. The van der Waals surface area contributed by atoms with Crippen LogP contribution in [0.25, 0.3) is 0 Å². The standard InChI is InChI=1S/C19H22N2O5/c1-26-15-9-7-14(8-10-15)12-17(19(24)25)21-20-16(18(22)23)11-13-5-3-2-4-6-13/h2-10,16-17,20-21H,11-12H2,1H3,(H,22,23)(H,24,25)/t16-,17-/m0/s1. The van der Waals surface area contributed by atoms with Crippen LogP contribution in [0.15, 0.2) is 54.6 Å². The Morgan fingerprint density at radius 1 is 0.846 bits per heavy atom. The molecule has 26 heavy (non-hydrogen) atoms. The van der Waals surface area contributed by atoms with Crippen molar-refractivity contribution in [1.29, 1.82) is 0 Å². The Morgan fingerprint density at radius 3 is 1.73 bits per heavy atom. The Kier molecular flexibility index (Phi) is 7.13. The normalized spacial score (nSPS) is 13.0. The molecule has 0 bridgehead atoms. The monoisotopic (exact) mass is 358 g/mol. The number of methoxy groups -OCH3 is 1. The Hall–Kier alpha value is -2.90. The summed E-state index contributed by atoms with van der Waals surface area (Å²) in [7, 11) is 1.55. The maximum Gasteiger partial charge on any atom is 0.322 e. The van der Waals surface area contributed by atoms with Crippen LogP contribution in [0.2, 0.25) is 0 Å². The van der Waals surface area contributed by atoms with Gasteiger partial charge in [-0.2, -0.15) is 0 Å². The summed E-state index contributed by atoms with van der Waals surface area (Å²) in [4.78, 5) is 22.9. The number of aliphatic carboxylic acids is 2. The maximum absolute atomic E-state index is 11.5. The number of carbonyl (C=O) groups is 2. The number of benzene rings is 2. The van der Waals surface area contributed by atoms with E-state index in [0.29, 0.717) is 5.75 Å². The zero-order valence-corrected chi connectivity index (χ0v) is 14.4. The summed E-state index contributed by atoms with van der Waals surface area (Å²) in [5.74, 6) is -1.45. The van der Waals surface area contributed by atoms with Gasteiger partial charge in [-0.25, -0.2) is 10.9 Å². The second kappa shape index (κ2) is 9.55. The predicted octanol–water partition coefficient (Wildman–Crippen LogP) is 1.48. The first-order valence-electron chi connectivity index (χ1n) is 8.13. The Morgan fingerprint density at radius 2 is 1.31 bits per heavy atom. The SMILES string of the molecule is COc1ccc(C[C@H](NN[C@@H](Cc2ccccc2)C(=O)O)C(=O)O)cc1. The van der Waals surface area contributed by atoms with Crippen LogP contribution in [-0.4, -0.2) is 41.3 Å². The van der Waals surface area contributed by atoms with Crippen LogP contribution in [-0.2, 0) is 22.4 Å². The molecule has 2 rings (SSSR count). The van der Waals surface area contributed by atoms with Gasteiger partial charge in [0, 0.05) is 0 Å². The van der Waals surface area contributed by atoms with Crippen LogP contribution < -0.4 is 15.6 Å². The van der Waals surface area contributed by atoms with E-state index in [9.17, 15) is 19.8 Å². The summed E-state index contributed by atoms with van der Waals surface area (Å²) in [6.45, 7) is 0. The van der Waals surface area contributed by atoms with Crippen LogP contribution in [0.5, 0.6) is 5.75 Å². The second-order valence-corrected chi connectivity index (χ2v) is 5.81. The van der Waals surface area contributed by atoms with Crippen molar-refractivity contribution in [3.05, 3.63) is 65.7 Å². The third kappa shape index (κ3) is 5.87. The lowest BCUT2D eigenvalue weighted by Crippen LogP contribution is -2.53. The van der Waals surface area contributed by atoms with Gasteiger partial charge in [-0.05, 0) is 36.1 Å². The minimum atomic E-state index is -1.07. The third-order valence-corrected chi connectivity index (χ3v) is 3.91. The number of hydrogen-bond acceptors (Lipinski definition) is 5. The molecule has 2 aromatic carbocycles. The van der Waals surface area contributed by atoms with Gasteiger partial charge in [0.1, 0.15) is 17.8 Å². The van der Waals surface area contributed by atoms with Crippen molar-refractivity contribution in [2.45, 2.75) is 24.9 Å². The number of hydrazine groups is 1. The average Bonchev–Trinajstić information content (AvgIpc) is 2.64. The summed E-state index contributed by atoms with van der Waals surface area (Å²) < 4.78 is 5.07. The molecule has 0 heterocycles. The van der Waals surface area contributed by atoms with Crippen molar-refractivity contribution < 1.29 is 24.5 Å². The van der Waals surface area contributed by atoms with E-state index in [1.54, 1.807) is 31.4 Å². The Balaban J connectivity index is 1.98. The lowest BCUT2D eigenvalue weighted by Gasteiger charge is -2.20. The summed E-state index contributed by atoms with van der Waals surface area (Å²) in [5, 5.41) is 18.8. The van der Waals surface area contributed by atoms with Crippen molar-refractivity contribution in [2.24, 2.45) is 0 Å². The van der Waals surface area contributed by atoms with E-state index in [4.69, 9.17) is 4.74 Å². The highest BCUT2D eigenvalue weighted by molar-refractivity contribution is 5.75. The summed E-state index contributed by atoms with van der Waals surface area (Å²) in [6.07, 6.45) is 0.433. The van der Waals surface area contributed by atoms with Crippen molar-refractivity contribution in [2.75, 3.05) is 7.11 Å². The Bertz CT molecular complexity index is 718. The van der Waals surface area contributed by atoms with E-state index in [2.05, 4.69) is 10.9 Å². The number of carboxylic acid groups (broad SMARTS) is 2.